The molecule has 1 heterocycles. The third kappa shape index (κ3) is 1.82. The van der Waals surface area contributed by atoms with Crippen LogP contribution >= 0.6 is 0 Å². The van der Waals surface area contributed by atoms with Crippen LogP contribution in [0.1, 0.15) is 5.56 Å². The van der Waals surface area contributed by atoms with E-state index in [-0.39, 0.29) is 17.5 Å². The Kier molecular flexibility index (Phi) is 3.05. The molecule has 6 nitrogen and oxygen atoms in total. The van der Waals surface area contributed by atoms with Crippen LogP contribution in [0.25, 0.3) is 0 Å². The lowest BCUT2D eigenvalue weighted by Gasteiger charge is -2.04. The fourth-order valence-corrected chi connectivity index (χ4v) is 0.834. The molecule has 0 spiro atoms. The van der Waals surface area contributed by atoms with Gasteiger partial charge in [0.1, 0.15) is 0 Å². The Morgan fingerprint density at radius 2 is 2.43 bits per heavy atom. The fourth-order valence-electron chi connectivity index (χ4n) is 0.834. The molecule has 1 aromatic heterocycles. The highest BCUT2D eigenvalue weighted by atomic mass is 19.3. The zero-order valence-electron chi connectivity index (χ0n) is 7.27. The summed E-state index contributed by atoms with van der Waals surface area (Å²) >= 11 is 0. The largest absolute Gasteiger partial charge is 0.491 e. The summed E-state index contributed by atoms with van der Waals surface area (Å²) in [5.74, 6) is -0.417. The second kappa shape index (κ2) is 4.26. The van der Waals surface area contributed by atoms with Crippen molar-refractivity contribution >= 4 is 5.84 Å². The first-order valence-corrected chi connectivity index (χ1v) is 3.53. The maximum atomic E-state index is 11.8. The van der Waals surface area contributed by atoms with Gasteiger partial charge in [-0.3, -0.25) is 4.94 Å². The van der Waals surface area contributed by atoms with Crippen molar-refractivity contribution < 1.29 is 19.4 Å². The van der Waals surface area contributed by atoms with Crippen LogP contribution in [0, 0.1) is 0 Å². The summed E-state index contributed by atoms with van der Waals surface area (Å²) in [6, 6.07) is 1.33. The minimum absolute atomic E-state index is 0.0524. The lowest BCUT2D eigenvalue weighted by Crippen LogP contribution is -2.13. The lowest BCUT2D eigenvalue weighted by molar-refractivity contribution is -0.0147. The summed E-state index contributed by atoms with van der Waals surface area (Å²) in [4.78, 5) is 6.97. The molecule has 7 heteroatoms. The molecule has 0 aliphatic heterocycles. The van der Waals surface area contributed by atoms with Gasteiger partial charge in [-0.05, 0) is 6.07 Å². The summed E-state index contributed by atoms with van der Waals surface area (Å²) in [7, 11) is 1.32. The van der Waals surface area contributed by atoms with Gasteiger partial charge in [0, 0.05) is 16.3 Å². The standard InChI is InChI=1S/C7H8FN3O3/c1-13-5-2-4(6(9)11-12)3-10-7(5)14-8/h2-3,12H,1H3,(H2,9,11). The molecule has 0 unspecified atom stereocenters. The van der Waals surface area contributed by atoms with Crippen LogP contribution in [0.5, 0.6) is 11.6 Å². The number of nitrogens with two attached hydrogens (primary N) is 1. The van der Waals surface area contributed by atoms with Gasteiger partial charge in [0.05, 0.1) is 7.11 Å². The molecule has 0 aromatic carbocycles. The van der Waals surface area contributed by atoms with E-state index in [1.165, 1.54) is 19.4 Å². The van der Waals surface area contributed by atoms with Crippen LogP contribution in [0.4, 0.5) is 4.53 Å². The number of pyridine rings is 1. The van der Waals surface area contributed by atoms with Crippen molar-refractivity contribution in [2.24, 2.45) is 10.9 Å². The van der Waals surface area contributed by atoms with Gasteiger partial charge in [-0.25, -0.2) is 4.98 Å². The lowest BCUT2D eigenvalue weighted by atomic mass is 10.2. The van der Waals surface area contributed by atoms with E-state index in [9.17, 15) is 4.53 Å². The number of halogens is 1. The van der Waals surface area contributed by atoms with E-state index < -0.39 is 0 Å². The first kappa shape index (κ1) is 10.0. The molecule has 0 aliphatic rings. The average molecular weight is 201 g/mol. The average Bonchev–Trinajstić information content (AvgIpc) is 2.26. The van der Waals surface area contributed by atoms with Gasteiger partial charge in [0.15, 0.2) is 11.6 Å². The van der Waals surface area contributed by atoms with Crippen molar-refractivity contribution in [3.05, 3.63) is 17.8 Å². The predicted octanol–water partition coefficient (Wildman–Crippen LogP) is 0.448. The van der Waals surface area contributed by atoms with Gasteiger partial charge in [0.2, 0.25) is 0 Å². The third-order valence-electron chi connectivity index (χ3n) is 1.51. The minimum atomic E-state index is -0.318. The second-order valence-corrected chi connectivity index (χ2v) is 2.29. The zero-order chi connectivity index (χ0) is 10.6. The number of methoxy groups -OCH3 is 1. The SMILES string of the molecule is COc1cc(/C(N)=N/O)cnc1OF. The summed E-state index contributed by atoms with van der Waals surface area (Å²) in [6.45, 7) is 0. The second-order valence-electron chi connectivity index (χ2n) is 2.29. The van der Waals surface area contributed by atoms with Crippen molar-refractivity contribution in [2.75, 3.05) is 7.11 Å². The normalized spacial score (nSPS) is 11.1. The number of aromatic nitrogens is 1. The molecule has 0 saturated heterocycles. The van der Waals surface area contributed by atoms with Crippen molar-refractivity contribution in [2.45, 2.75) is 0 Å². The third-order valence-corrected chi connectivity index (χ3v) is 1.51. The van der Waals surface area contributed by atoms with Crippen molar-refractivity contribution in [3.63, 3.8) is 0 Å². The van der Waals surface area contributed by atoms with Gasteiger partial charge in [-0.15, -0.1) is 0 Å². The molecule has 0 aliphatic carbocycles. The molecule has 1 aromatic rings. The number of hydrogen-bond acceptors (Lipinski definition) is 5. The van der Waals surface area contributed by atoms with Crippen LogP contribution in [0.15, 0.2) is 17.4 Å². The molecule has 0 radical (unpaired) electrons. The Morgan fingerprint density at radius 1 is 1.71 bits per heavy atom. The molecule has 0 fully saturated rings. The number of ether oxygens (including phenoxy) is 1. The first-order valence-electron chi connectivity index (χ1n) is 3.53. The molecule has 1 rings (SSSR count). The van der Waals surface area contributed by atoms with Gasteiger partial charge in [-0.1, -0.05) is 5.16 Å². The van der Waals surface area contributed by atoms with E-state index in [1.807, 2.05) is 0 Å². The molecular formula is C7H8FN3O3. The Morgan fingerprint density at radius 3 is 2.93 bits per heavy atom. The minimum Gasteiger partial charge on any atom is -0.491 e. The smallest absolute Gasteiger partial charge is 0.305 e. The Balaban J connectivity index is 3.14. The highest BCUT2D eigenvalue weighted by Crippen LogP contribution is 2.24. The number of hydrogen-bond donors (Lipinski definition) is 2. The van der Waals surface area contributed by atoms with E-state index in [4.69, 9.17) is 15.7 Å². The van der Waals surface area contributed by atoms with Crippen LogP contribution < -0.4 is 15.4 Å². The zero-order valence-corrected chi connectivity index (χ0v) is 7.27. The molecule has 0 bridgehead atoms. The van der Waals surface area contributed by atoms with Gasteiger partial charge >= 0.3 is 5.88 Å². The summed E-state index contributed by atoms with van der Waals surface area (Å²) in [6.07, 6.45) is 1.19. The number of nitrogens with zero attached hydrogens (tertiary/aromatic N) is 2. The Bertz CT molecular complexity index is 356. The summed E-state index contributed by atoms with van der Waals surface area (Å²) in [5.41, 5.74) is 5.58. The number of oxime groups is 1. The van der Waals surface area contributed by atoms with Crippen LogP contribution in [-0.2, 0) is 0 Å². The summed E-state index contributed by atoms with van der Waals surface area (Å²) in [5, 5.41) is 11.1. The van der Waals surface area contributed by atoms with E-state index in [0.29, 0.717) is 5.56 Å². The maximum Gasteiger partial charge on any atom is 0.305 e. The van der Waals surface area contributed by atoms with Crippen molar-refractivity contribution in [1.82, 2.24) is 4.98 Å². The van der Waals surface area contributed by atoms with Crippen LogP contribution in [0.3, 0.4) is 0 Å². The van der Waals surface area contributed by atoms with Gasteiger partial charge < -0.3 is 15.7 Å². The summed E-state index contributed by atoms with van der Waals surface area (Å²) < 4.78 is 16.6. The molecule has 76 valence electrons. The molecule has 3 N–H and O–H groups in total. The van der Waals surface area contributed by atoms with E-state index >= 15 is 0 Å². The Labute approximate surface area is 78.7 Å². The first-order chi connectivity index (χ1) is 6.72. The molecular weight excluding hydrogens is 193 g/mol. The van der Waals surface area contributed by atoms with Crippen LogP contribution in [0.2, 0.25) is 0 Å². The van der Waals surface area contributed by atoms with Gasteiger partial charge in [0.25, 0.3) is 0 Å². The van der Waals surface area contributed by atoms with Gasteiger partial charge in [-0.2, -0.15) is 0 Å². The molecule has 14 heavy (non-hydrogen) atoms. The van der Waals surface area contributed by atoms with E-state index in [1.54, 1.807) is 0 Å². The monoisotopic (exact) mass is 201 g/mol. The predicted molar refractivity (Wildman–Crippen MR) is 45.0 cm³/mol. The molecule has 0 saturated carbocycles. The van der Waals surface area contributed by atoms with Crippen LogP contribution in [-0.4, -0.2) is 23.1 Å². The van der Waals surface area contributed by atoms with E-state index in [2.05, 4.69) is 15.1 Å². The highest BCUT2D eigenvalue weighted by Gasteiger charge is 2.10. The van der Waals surface area contributed by atoms with E-state index in [0.717, 1.165) is 0 Å². The van der Waals surface area contributed by atoms with Crippen molar-refractivity contribution in [1.29, 1.82) is 0 Å². The molecule has 0 atom stereocenters. The quantitative estimate of drug-likeness (QED) is 0.320. The maximum absolute atomic E-state index is 11.8. The fraction of sp³-hybridized carbons (Fsp3) is 0.143. The Hall–Kier alpha value is -2.05. The topological polar surface area (TPSA) is 90.0 Å². The number of rotatable bonds is 3. The molecule has 0 amide bonds. The number of amidine groups is 1. The van der Waals surface area contributed by atoms with Crippen molar-refractivity contribution in [3.8, 4) is 11.6 Å². The highest BCUT2D eigenvalue weighted by molar-refractivity contribution is 5.97.